The van der Waals surface area contributed by atoms with E-state index in [1.165, 1.54) is 0 Å². The number of aliphatic hydroxyl groups excluding tert-OH is 1. The van der Waals surface area contributed by atoms with Crippen LogP contribution < -0.4 is 5.32 Å². The van der Waals surface area contributed by atoms with Gasteiger partial charge in [0.15, 0.2) is 0 Å². The van der Waals surface area contributed by atoms with E-state index in [0.717, 1.165) is 36.6 Å². The van der Waals surface area contributed by atoms with E-state index in [1.807, 2.05) is 13.8 Å². The number of aryl methyl sites for hydroxylation is 2. The van der Waals surface area contributed by atoms with E-state index in [-0.39, 0.29) is 6.61 Å². The Kier molecular flexibility index (Phi) is 5.19. The summed E-state index contributed by atoms with van der Waals surface area (Å²) in [6.45, 7) is 7.11. The maximum absolute atomic E-state index is 8.88. The van der Waals surface area contributed by atoms with Crippen molar-refractivity contribution in [3.05, 3.63) is 17.6 Å². The van der Waals surface area contributed by atoms with Crippen molar-refractivity contribution < 1.29 is 5.11 Å². The number of aliphatic hydroxyl groups is 1. The molecule has 2 N–H and O–H groups in total. The van der Waals surface area contributed by atoms with Crippen molar-refractivity contribution in [1.82, 2.24) is 9.97 Å². The molecular formula is C12H21N3O. The van der Waals surface area contributed by atoms with E-state index in [2.05, 4.69) is 22.2 Å². The van der Waals surface area contributed by atoms with E-state index in [1.54, 1.807) is 6.20 Å². The number of hydrogen-bond acceptors (Lipinski definition) is 4. The molecule has 0 spiro atoms. The third-order valence-corrected chi connectivity index (χ3v) is 2.68. The fourth-order valence-electron chi connectivity index (χ4n) is 1.39. The molecule has 1 unspecified atom stereocenters. The lowest BCUT2D eigenvalue weighted by molar-refractivity contribution is 0.229. The van der Waals surface area contributed by atoms with Gasteiger partial charge in [-0.15, -0.1) is 0 Å². The molecule has 4 heteroatoms. The van der Waals surface area contributed by atoms with Crippen molar-refractivity contribution in [2.45, 2.75) is 33.6 Å². The number of hydrogen-bond donors (Lipinski definition) is 2. The summed E-state index contributed by atoms with van der Waals surface area (Å²) in [5, 5.41) is 12.1. The van der Waals surface area contributed by atoms with E-state index < -0.39 is 0 Å². The normalized spacial score (nSPS) is 12.5. The van der Waals surface area contributed by atoms with Crippen LogP contribution in [-0.4, -0.2) is 28.2 Å². The van der Waals surface area contributed by atoms with E-state index >= 15 is 0 Å². The van der Waals surface area contributed by atoms with Gasteiger partial charge in [-0.3, -0.25) is 4.98 Å². The second-order valence-electron chi connectivity index (χ2n) is 4.28. The van der Waals surface area contributed by atoms with Crippen LogP contribution in [0.4, 0.5) is 5.82 Å². The van der Waals surface area contributed by atoms with Gasteiger partial charge in [0, 0.05) is 13.2 Å². The van der Waals surface area contributed by atoms with Gasteiger partial charge in [0.25, 0.3) is 0 Å². The standard InChI is InChI=1S/C12H21N3O/c1-9(8-16)5-4-6-13-12-7-14-10(2)11(3)15-12/h7,9,16H,4-6,8H2,1-3H3,(H,13,15). The molecule has 0 bridgehead atoms. The van der Waals surface area contributed by atoms with Crippen molar-refractivity contribution in [3.63, 3.8) is 0 Å². The number of anilines is 1. The summed E-state index contributed by atoms with van der Waals surface area (Å²) in [4.78, 5) is 8.63. The van der Waals surface area contributed by atoms with Crippen LogP contribution in [0.5, 0.6) is 0 Å². The molecule has 0 aliphatic rings. The monoisotopic (exact) mass is 223 g/mol. The Hall–Kier alpha value is -1.16. The molecule has 16 heavy (non-hydrogen) atoms. The molecular weight excluding hydrogens is 202 g/mol. The van der Waals surface area contributed by atoms with Gasteiger partial charge >= 0.3 is 0 Å². The molecule has 0 fully saturated rings. The Balaban J connectivity index is 2.29. The Morgan fingerprint density at radius 2 is 2.12 bits per heavy atom. The average Bonchev–Trinajstić information content (AvgIpc) is 2.28. The minimum Gasteiger partial charge on any atom is -0.396 e. The van der Waals surface area contributed by atoms with Crippen molar-refractivity contribution in [3.8, 4) is 0 Å². The highest BCUT2D eigenvalue weighted by Gasteiger charge is 2.01. The quantitative estimate of drug-likeness (QED) is 0.723. The Bertz CT molecular complexity index is 328. The summed E-state index contributed by atoms with van der Waals surface area (Å²) >= 11 is 0. The maximum atomic E-state index is 8.88. The minimum atomic E-state index is 0.267. The van der Waals surface area contributed by atoms with Crippen molar-refractivity contribution in [2.75, 3.05) is 18.5 Å². The zero-order valence-electron chi connectivity index (χ0n) is 10.3. The number of aromatic nitrogens is 2. The second kappa shape index (κ2) is 6.43. The van der Waals surface area contributed by atoms with Crippen LogP contribution in [0, 0.1) is 19.8 Å². The minimum absolute atomic E-state index is 0.267. The summed E-state index contributed by atoms with van der Waals surface area (Å²) in [5.74, 6) is 1.22. The SMILES string of the molecule is Cc1ncc(NCCCC(C)CO)nc1C. The van der Waals surface area contributed by atoms with Crippen LogP contribution >= 0.6 is 0 Å². The first-order chi connectivity index (χ1) is 7.63. The van der Waals surface area contributed by atoms with Gasteiger partial charge in [-0.2, -0.15) is 0 Å². The van der Waals surface area contributed by atoms with Crippen LogP contribution in [-0.2, 0) is 0 Å². The first-order valence-corrected chi connectivity index (χ1v) is 5.78. The highest BCUT2D eigenvalue weighted by atomic mass is 16.3. The Labute approximate surface area is 97.1 Å². The van der Waals surface area contributed by atoms with Gasteiger partial charge < -0.3 is 10.4 Å². The molecule has 0 aliphatic heterocycles. The largest absolute Gasteiger partial charge is 0.396 e. The number of nitrogens with one attached hydrogen (secondary N) is 1. The van der Waals surface area contributed by atoms with Gasteiger partial charge in [-0.05, 0) is 32.6 Å². The van der Waals surface area contributed by atoms with Crippen LogP contribution in [0.1, 0.15) is 31.2 Å². The summed E-state index contributed by atoms with van der Waals surface area (Å²) in [5.41, 5.74) is 1.94. The predicted octanol–water partition coefficient (Wildman–Crippen LogP) is 1.91. The fraction of sp³-hybridized carbons (Fsp3) is 0.667. The van der Waals surface area contributed by atoms with E-state index in [9.17, 15) is 0 Å². The first kappa shape index (κ1) is 12.9. The summed E-state index contributed by atoms with van der Waals surface area (Å²) in [6, 6.07) is 0. The van der Waals surface area contributed by atoms with Crippen molar-refractivity contribution in [1.29, 1.82) is 0 Å². The molecule has 0 aromatic carbocycles. The van der Waals surface area contributed by atoms with Gasteiger partial charge in [-0.1, -0.05) is 6.92 Å². The highest BCUT2D eigenvalue weighted by molar-refractivity contribution is 5.32. The molecule has 1 aromatic heterocycles. The summed E-state index contributed by atoms with van der Waals surface area (Å²) < 4.78 is 0. The van der Waals surface area contributed by atoms with Gasteiger partial charge in [-0.25, -0.2) is 4.98 Å². The third-order valence-electron chi connectivity index (χ3n) is 2.68. The molecule has 0 saturated carbocycles. The van der Waals surface area contributed by atoms with E-state index in [4.69, 9.17) is 5.11 Å². The predicted molar refractivity (Wildman–Crippen MR) is 65.5 cm³/mol. The summed E-state index contributed by atoms with van der Waals surface area (Å²) in [6.07, 6.45) is 3.83. The van der Waals surface area contributed by atoms with Gasteiger partial charge in [0.05, 0.1) is 17.6 Å². The molecule has 4 nitrogen and oxygen atoms in total. The zero-order valence-corrected chi connectivity index (χ0v) is 10.3. The van der Waals surface area contributed by atoms with Crippen LogP contribution in [0.2, 0.25) is 0 Å². The lowest BCUT2D eigenvalue weighted by Gasteiger charge is -2.09. The van der Waals surface area contributed by atoms with E-state index in [0.29, 0.717) is 5.92 Å². The molecule has 0 saturated heterocycles. The zero-order chi connectivity index (χ0) is 12.0. The fourth-order valence-corrected chi connectivity index (χ4v) is 1.39. The van der Waals surface area contributed by atoms with Crippen LogP contribution in [0.3, 0.4) is 0 Å². The Morgan fingerprint density at radius 3 is 2.75 bits per heavy atom. The molecule has 1 rings (SSSR count). The average molecular weight is 223 g/mol. The number of nitrogens with zero attached hydrogens (tertiary/aromatic N) is 2. The molecule has 1 atom stereocenters. The highest BCUT2D eigenvalue weighted by Crippen LogP contribution is 2.07. The number of rotatable bonds is 6. The topological polar surface area (TPSA) is 58.0 Å². The Morgan fingerprint density at radius 1 is 1.38 bits per heavy atom. The lowest BCUT2D eigenvalue weighted by atomic mass is 10.1. The van der Waals surface area contributed by atoms with Crippen molar-refractivity contribution in [2.24, 2.45) is 5.92 Å². The molecule has 1 heterocycles. The summed E-state index contributed by atoms with van der Waals surface area (Å²) in [7, 11) is 0. The van der Waals surface area contributed by atoms with Crippen molar-refractivity contribution >= 4 is 5.82 Å². The molecule has 0 amide bonds. The van der Waals surface area contributed by atoms with Gasteiger partial charge in [0.2, 0.25) is 0 Å². The molecule has 90 valence electrons. The van der Waals surface area contributed by atoms with Gasteiger partial charge in [0.1, 0.15) is 5.82 Å². The van der Waals surface area contributed by atoms with Crippen LogP contribution in [0.25, 0.3) is 0 Å². The first-order valence-electron chi connectivity index (χ1n) is 5.78. The van der Waals surface area contributed by atoms with Crippen LogP contribution in [0.15, 0.2) is 6.20 Å². The molecule has 0 radical (unpaired) electrons. The molecule has 0 aliphatic carbocycles. The second-order valence-corrected chi connectivity index (χ2v) is 4.28. The third kappa shape index (κ3) is 4.14. The maximum Gasteiger partial charge on any atom is 0.144 e. The lowest BCUT2D eigenvalue weighted by Crippen LogP contribution is -2.08. The molecule has 1 aromatic rings. The smallest absolute Gasteiger partial charge is 0.144 e.